The molecule has 0 saturated heterocycles. The number of nitrogens with one attached hydrogen (secondary N) is 2. The topological polar surface area (TPSA) is 54.0 Å². The summed E-state index contributed by atoms with van der Waals surface area (Å²) >= 11 is 1.67. The summed E-state index contributed by atoms with van der Waals surface area (Å²) in [5, 5.41) is 7.26. The van der Waals surface area contributed by atoms with Crippen LogP contribution >= 0.6 is 11.3 Å². The van der Waals surface area contributed by atoms with Crippen LogP contribution in [0.3, 0.4) is 0 Å². The molecule has 5 heteroatoms. The lowest BCUT2D eigenvalue weighted by Crippen LogP contribution is -2.30. The second kappa shape index (κ2) is 6.52. The Bertz CT molecular complexity index is 592. The van der Waals surface area contributed by atoms with E-state index in [4.69, 9.17) is 0 Å². The molecule has 1 amide bonds. The third-order valence-corrected chi connectivity index (χ3v) is 3.59. The number of thiazole rings is 1. The molecule has 2 N–H and O–H groups in total. The van der Waals surface area contributed by atoms with Gasteiger partial charge in [-0.3, -0.25) is 4.79 Å². The Morgan fingerprint density at radius 3 is 2.85 bits per heavy atom. The fraction of sp³-hybridized carbons (Fsp3) is 0.333. The molecule has 0 atom stereocenters. The van der Waals surface area contributed by atoms with Crippen LogP contribution in [-0.4, -0.2) is 16.9 Å². The van der Waals surface area contributed by atoms with Crippen LogP contribution in [0, 0.1) is 6.92 Å². The molecule has 0 aliphatic rings. The van der Waals surface area contributed by atoms with Crippen molar-refractivity contribution in [1.29, 1.82) is 0 Å². The molecule has 0 unspecified atom stereocenters. The van der Waals surface area contributed by atoms with E-state index in [-0.39, 0.29) is 11.9 Å². The molecule has 0 fully saturated rings. The number of carbonyl (C=O) groups excluding carboxylic acids is 1. The summed E-state index contributed by atoms with van der Waals surface area (Å²) in [7, 11) is 0. The molecule has 1 heterocycles. The van der Waals surface area contributed by atoms with Gasteiger partial charge in [-0.2, -0.15) is 0 Å². The van der Waals surface area contributed by atoms with Gasteiger partial charge in [0.2, 0.25) is 0 Å². The standard InChI is InChI=1S/C15H19N3OS/c1-10(2)18-15(19)12-5-4-6-13(7-12)17-9-14-8-16-11(3)20-14/h4-8,10,17H,9H2,1-3H3,(H,18,19). The number of benzene rings is 1. The molecule has 0 saturated carbocycles. The average Bonchev–Trinajstić information content (AvgIpc) is 2.82. The molecule has 20 heavy (non-hydrogen) atoms. The zero-order valence-electron chi connectivity index (χ0n) is 11.9. The fourth-order valence-electron chi connectivity index (χ4n) is 1.79. The van der Waals surface area contributed by atoms with Gasteiger partial charge in [0.1, 0.15) is 0 Å². The predicted molar refractivity (Wildman–Crippen MR) is 83.2 cm³/mol. The van der Waals surface area contributed by atoms with Gasteiger partial charge in [-0.15, -0.1) is 11.3 Å². The molecule has 1 aromatic heterocycles. The lowest BCUT2D eigenvalue weighted by Gasteiger charge is -2.10. The Kier molecular flexibility index (Phi) is 4.74. The van der Waals surface area contributed by atoms with Crippen molar-refractivity contribution in [1.82, 2.24) is 10.3 Å². The molecule has 1 aromatic carbocycles. The zero-order chi connectivity index (χ0) is 14.5. The van der Waals surface area contributed by atoms with Crippen molar-refractivity contribution in [2.75, 3.05) is 5.32 Å². The van der Waals surface area contributed by atoms with Gasteiger partial charge in [0.05, 0.1) is 11.6 Å². The summed E-state index contributed by atoms with van der Waals surface area (Å²) in [5.41, 5.74) is 1.61. The molecule has 2 aromatic rings. The van der Waals surface area contributed by atoms with Gasteiger partial charge >= 0.3 is 0 Å². The van der Waals surface area contributed by atoms with Crippen molar-refractivity contribution in [3.63, 3.8) is 0 Å². The maximum atomic E-state index is 11.9. The van der Waals surface area contributed by atoms with Gasteiger partial charge in [0.25, 0.3) is 5.91 Å². The number of carbonyl (C=O) groups is 1. The lowest BCUT2D eigenvalue weighted by atomic mass is 10.2. The van der Waals surface area contributed by atoms with E-state index in [1.165, 1.54) is 4.88 Å². The molecule has 0 radical (unpaired) electrons. The Hall–Kier alpha value is -1.88. The normalized spacial score (nSPS) is 10.6. The quantitative estimate of drug-likeness (QED) is 0.888. The number of anilines is 1. The van der Waals surface area contributed by atoms with Crippen molar-refractivity contribution >= 4 is 22.9 Å². The number of nitrogens with zero attached hydrogens (tertiary/aromatic N) is 1. The maximum absolute atomic E-state index is 11.9. The zero-order valence-corrected chi connectivity index (χ0v) is 12.8. The summed E-state index contributed by atoms with van der Waals surface area (Å²) in [5.74, 6) is -0.0442. The number of aromatic nitrogens is 1. The predicted octanol–water partition coefficient (Wildman–Crippen LogP) is 3.20. The van der Waals surface area contributed by atoms with Crippen LogP contribution in [0.5, 0.6) is 0 Å². The van der Waals surface area contributed by atoms with Crippen molar-refractivity contribution < 1.29 is 4.79 Å². The number of amides is 1. The minimum absolute atomic E-state index is 0.0442. The summed E-state index contributed by atoms with van der Waals surface area (Å²) in [6, 6.07) is 7.67. The molecule has 4 nitrogen and oxygen atoms in total. The second-order valence-corrected chi connectivity index (χ2v) is 6.23. The first-order valence-electron chi connectivity index (χ1n) is 6.60. The molecule has 0 spiro atoms. The highest BCUT2D eigenvalue weighted by atomic mass is 32.1. The van der Waals surface area contributed by atoms with E-state index in [9.17, 15) is 4.79 Å². The molecule has 0 aliphatic carbocycles. The van der Waals surface area contributed by atoms with Crippen LogP contribution in [0.25, 0.3) is 0 Å². The van der Waals surface area contributed by atoms with E-state index in [0.717, 1.165) is 17.2 Å². The molecule has 0 aliphatic heterocycles. The average molecular weight is 289 g/mol. The Labute approximate surface area is 123 Å². The van der Waals surface area contributed by atoms with Gasteiger partial charge in [-0.05, 0) is 39.0 Å². The van der Waals surface area contributed by atoms with Crippen LogP contribution in [-0.2, 0) is 6.54 Å². The molecular formula is C15H19N3OS. The first kappa shape index (κ1) is 14.5. The molecule has 0 bridgehead atoms. The highest BCUT2D eigenvalue weighted by molar-refractivity contribution is 7.11. The Morgan fingerprint density at radius 2 is 2.20 bits per heavy atom. The molecule has 106 valence electrons. The minimum atomic E-state index is -0.0442. The van der Waals surface area contributed by atoms with E-state index < -0.39 is 0 Å². The van der Waals surface area contributed by atoms with Crippen LogP contribution in [0.4, 0.5) is 5.69 Å². The van der Waals surface area contributed by atoms with Gasteiger partial charge < -0.3 is 10.6 Å². The third kappa shape index (κ3) is 4.06. The fourth-order valence-corrected chi connectivity index (χ4v) is 2.53. The van der Waals surface area contributed by atoms with Crippen molar-refractivity contribution in [2.24, 2.45) is 0 Å². The van der Waals surface area contributed by atoms with E-state index in [1.54, 1.807) is 11.3 Å². The Morgan fingerprint density at radius 1 is 1.40 bits per heavy atom. The van der Waals surface area contributed by atoms with Crippen LogP contribution in [0.2, 0.25) is 0 Å². The van der Waals surface area contributed by atoms with Crippen molar-refractivity contribution in [3.8, 4) is 0 Å². The van der Waals surface area contributed by atoms with Crippen molar-refractivity contribution in [2.45, 2.75) is 33.4 Å². The smallest absolute Gasteiger partial charge is 0.251 e. The highest BCUT2D eigenvalue weighted by Gasteiger charge is 2.07. The third-order valence-electron chi connectivity index (χ3n) is 2.68. The molecular weight excluding hydrogens is 270 g/mol. The van der Waals surface area contributed by atoms with Crippen molar-refractivity contribution in [3.05, 3.63) is 45.9 Å². The van der Waals surface area contributed by atoms with E-state index >= 15 is 0 Å². The monoisotopic (exact) mass is 289 g/mol. The second-order valence-electron chi connectivity index (χ2n) is 4.91. The van der Waals surface area contributed by atoms with Crippen LogP contribution in [0.1, 0.15) is 34.1 Å². The number of hydrogen-bond acceptors (Lipinski definition) is 4. The SMILES string of the molecule is Cc1ncc(CNc2cccc(C(=O)NC(C)C)c2)s1. The van der Waals surface area contributed by atoms with Gasteiger partial charge in [-0.25, -0.2) is 4.98 Å². The summed E-state index contributed by atoms with van der Waals surface area (Å²) < 4.78 is 0. The van der Waals surface area contributed by atoms with Crippen LogP contribution < -0.4 is 10.6 Å². The molecule has 2 rings (SSSR count). The number of hydrogen-bond donors (Lipinski definition) is 2. The maximum Gasteiger partial charge on any atom is 0.251 e. The van der Waals surface area contributed by atoms with E-state index in [2.05, 4.69) is 15.6 Å². The first-order valence-corrected chi connectivity index (χ1v) is 7.42. The number of aryl methyl sites for hydroxylation is 1. The number of rotatable bonds is 5. The van der Waals surface area contributed by atoms with Gasteiger partial charge in [0.15, 0.2) is 0 Å². The Balaban J connectivity index is 2.00. The van der Waals surface area contributed by atoms with Gasteiger partial charge in [0, 0.05) is 28.4 Å². The summed E-state index contributed by atoms with van der Waals surface area (Å²) in [4.78, 5) is 17.3. The van der Waals surface area contributed by atoms with Crippen LogP contribution in [0.15, 0.2) is 30.5 Å². The summed E-state index contributed by atoms with van der Waals surface area (Å²) in [6.07, 6.45) is 1.88. The summed E-state index contributed by atoms with van der Waals surface area (Å²) in [6.45, 7) is 6.62. The minimum Gasteiger partial charge on any atom is -0.380 e. The first-order chi connectivity index (χ1) is 9.54. The highest BCUT2D eigenvalue weighted by Crippen LogP contribution is 2.16. The van der Waals surface area contributed by atoms with Gasteiger partial charge in [-0.1, -0.05) is 6.07 Å². The van der Waals surface area contributed by atoms with E-state index in [1.807, 2.05) is 51.2 Å². The largest absolute Gasteiger partial charge is 0.380 e. The van der Waals surface area contributed by atoms with E-state index in [0.29, 0.717) is 5.56 Å². The lowest BCUT2D eigenvalue weighted by molar-refractivity contribution is 0.0943.